The molecule has 8 heteroatoms. The first-order valence-electron chi connectivity index (χ1n) is 4.08. The molecule has 5 nitrogen and oxygen atoms in total. The summed E-state index contributed by atoms with van der Waals surface area (Å²) in [4.78, 5) is 10.2. The first-order valence-corrected chi connectivity index (χ1v) is 5.30. The van der Waals surface area contributed by atoms with Crippen molar-refractivity contribution in [2.24, 2.45) is 0 Å². The lowest BCUT2D eigenvalue weighted by Crippen LogP contribution is -1.92. The fourth-order valence-corrected chi connectivity index (χ4v) is 2.10. The lowest BCUT2D eigenvalue weighted by molar-refractivity contribution is -0.384. The number of aromatic amines is 1. The van der Waals surface area contributed by atoms with Crippen molar-refractivity contribution in [2.75, 3.05) is 0 Å². The molecule has 0 unspecified atom stereocenters. The Morgan fingerprint density at radius 3 is 2.88 bits per heavy atom. The average molecular weight is 257 g/mol. The smallest absolute Gasteiger partial charge is 0.258 e. The van der Waals surface area contributed by atoms with Crippen LogP contribution in [0.15, 0.2) is 18.2 Å². The van der Waals surface area contributed by atoms with E-state index in [1.54, 1.807) is 0 Å². The Morgan fingerprint density at radius 1 is 1.56 bits per heavy atom. The van der Waals surface area contributed by atoms with Crippen LogP contribution >= 0.6 is 23.6 Å². The number of nitrogens with one attached hydrogen (secondary N) is 1. The van der Waals surface area contributed by atoms with Gasteiger partial charge in [0.25, 0.3) is 5.69 Å². The number of nitro benzene ring substituents is 1. The molecular weight excluding hydrogens is 253 g/mol. The number of benzene rings is 1. The van der Waals surface area contributed by atoms with Crippen LogP contribution in [-0.4, -0.2) is 15.1 Å². The largest absolute Gasteiger partial charge is 0.279 e. The summed E-state index contributed by atoms with van der Waals surface area (Å²) in [6, 6.07) is 3.21. The van der Waals surface area contributed by atoms with Crippen molar-refractivity contribution in [3.63, 3.8) is 0 Å². The zero-order valence-corrected chi connectivity index (χ0v) is 9.27. The van der Waals surface area contributed by atoms with Crippen LogP contribution in [0.4, 0.5) is 10.1 Å². The number of nitro groups is 1. The van der Waals surface area contributed by atoms with E-state index in [1.165, 1.54) is 0 Å². The van der Waals surface area contributed by atoms with Crippen molar-refractivity contribution in [1.82, 2.24) is 10.2 Å². The fraction of sp³-hybridized carbons (Fsp3) is 0. The Balaban J connectivity index is 2.66. The molecule has 0 spiro atoms. The van der Waals surface area contributed by atoms with E-state index in [-0.39, 0.29) is 11.3 Å². The van der Waals surface area contributed by atoms with Crippen molar-refractivity contribution in [2.45, 2.75) is 0 Å². The van der Waals surface area contributed by atoms with Crippen LogP contribution in [0.2, 0.25) is 0 Å². The van der Waals surface area contributed by atoms with Gasteiger partial charge in [0.15, 0.2) is 8.96 Å². The molecule has 1 heterocycles. The molecular formula is C8H4FN3O2S2. The molecule has 2 aromatic rings. The molecule has 16 heavy (non-hydrogen) atoms. The third kappa shape index (κ3) is 1.97. The van der Waals surface area contributed by atoms with Crippen LogP contribution in [0.25, 0.3) is 10.6 Å². The van der Waals surface area contributed by atoms with Gasteiger partial charge in [-0.15, -0.1) is 0 Å². The van der Waals surface area contributed by atoms with Crippen molar-refractivity contribution in [3.05, 3.63) is 38.1 Å². The second-order valence-corrected chi connectivity index (χ2v) is 4.50. The van der Waals surface area contributed by atoms with E-state index in [0.29, 0.717) is 8.96 Å². The highest BCUT2D eigenvalue weighted by Crippen LogP contribution is 2.31. The molecule has 0 radical (unpaired) electrons. The van der Waals surface area contributed by atoms with E-state index in [1.807, 2.05) is 0 Å². The van der Waals surface area contributed by atoms with Gasteiger partial charge in [0, 0.05) is 6.07 Å². The van der Waals surface area contributed by atoms with Gasteiger partial charge in [-0.05, 0) is 24.4 Å². The third-order valence-corrected chi connectivity index (χ3v) is 2.95. The van der Waals surface area contributed by atoms with Gasteiger partial charge in [-0.3, -0.25) is 15.2 Å². The number of aromatic nitrogens is 2. The predicted octanol–water partition coefficient (Wildman–Crippen LogP) is 2.91. The van der Waals surface area contributed by atoms with Gasteiger partial charge in [0.05, 0.1) is 10.5 Å². The minimum absolute atomic E-state index is 0.127. The number of rotatable bonds is 2. The summed E-state index contributed by atoms with van der Waals surface area (Å²) in [5.41, 5.74) is -0.0681. The highest BCUT2D eigenvalue weighted by atomic mass is 32.1. The Kier molecular flexibility index (Phi) is 2.75. The number of hydrogen-bond acceptors (Lipinski definition) is 5. The van der Waals surface area contributed by atoms with Gasteiger partial charge in [0.1, 0.15) is 5.82 Å². The summed E-state index contributed by atoms with van der Waals surface area (Å²) in [6.07, 6.45) is 0. The Hall–Kier alpha value is -1.67. The molecule has 0 aliphatic carbocycles. The summed E-state index contributed by atoms with van der Waals surface area (Å²) < 4.78 is 13.4. The van der Waals surface area contributed by atoms with Gasteiger partial charge in [-0.2, -0.15) is 5.10 Å². The molecule has 0 atom stereocenters. The summed E-state index contributed by atoms with van der Waals surface area (Å²) in [6.45, 7) is 0. The zero-order valence-electron chi connectivity index (χ0n) is 7.64. The normalized spacial score (nSPS) is 10.3. The SMILES string of the molecule is O=[N+]([O-])c1ccc(F)cc1-c1n[nH]c(=S)s1. The molecule has 1 N–H and O–H groups in total. The molecule has 0 bridgehead atoms. The van der Waals surface area contributed by atoms with Crippen LogP contribution < -0.4 is 0 Å². The Labute approximate surface area is 97.7 Å². The van der Waals surface area contributed by atoms with Crippen molar-refractivity contribution >= 4 is 29.2 Å². The van der Waals surface area contributed by atoms with Crippen LogP contribution in [0, 0.1) is 19.9 Å². The van der Waals surface area contributed by atoms with Crippen LogP contribution in [0.1, 0.15) is 0 Å². The summed E-state index contributed by atoms with van der Waals surface area (Å²) in [5, 5.41) is 17.3. The Morgan fingerprint density at radius 2 is 2.31 bits per heavy atom. The van der Waals surface area contributed by atoms with Crippen LogP contribution in [0.3, 0.4) is 0 Å². The van der Waals surface area contributed by atoms with Gasteiger partial charge < -0.3 is 0 Å². The van der Waals surface area contributed by atoms with Crippen molar-refractivity contribution < 1.29 is 9.31 Å². The monoisotopic (exact) mass is 257 g/mol. The standard InChI is InChI=1S/C8H4FN3O2S2/c9-4-1-2-6(12(13)14)5(3-4)7-10-11-8(15)16-7/h1-3H,(H,11,15). The number of halogens is 1. The van der Waals surface area contributed by atoms with Crippen molar-refractivity contribution in [1.29, 1.82) is 0 Å². The molecule has 0 saturated heterocycles. The van der Waals surface area contributed by atoms with Crippen LogP contribution in [0.5, 0.6) is 0 Å². The second kappa shape index (κ2) is 4.06. The highest BCUT2D eigenvalue weighted by Gasteiger charge is 2.18. The first kappa shape index (κ1) is 10.8. The maximum atomic E-state index is 13.0. The molecule has 0 aliphatic heterocycles. The molecule has 0 saturated carbocycles. The molecule has 1 aromatic heterocycles. The number of H-pyrrole nitrogens is 1. The maximum absolute atomic E-state index is 13.0. The highest BCUT2D eigenvalue weighted by molar-refractivity contribution is 7.73. The minimum Gasteiger partial charge on any atom is -0.258 e. The van der Waals surface area contributed by atoms with E-state index >= 15 is 0 Å². The third-order valence-electron chi connectivity index (χ3n) is 1.82. The second-order valence-electron chi connectivity index (χ2n) is 2.84. The maximum Gasteiger partial charge on any atom is 0.279 e. The predicted molar refractivity (Wildman–Crippen MR) is 59.3 cm³/mol. The summed E-state index contributed by atoms with van der Waals surface area (Å²) >= 11 is 5.87. The molecule has 0 amide bonds. The summed E-state index contributed by atoms with van der Waals surface area (Å²) in [5.74, 6) is -0.554. The van der Waals surface area contributed by atoms with E-state index in [4.69, 9.17) is 12.2 Å². The van der Waals surface area contributed by atoms with Gasteiger partial charge in [-0.25, -0.2) is 4.39 Å². The zero-order chi connectivity index (χ0) is 11.7. The van der Waals surface area contributed by atoms with Crippen molar-refractivity contribution in [3.8, 4) is 10.6 Å². The lowest BCUT2D eigenvalue weighted by Gasteiger charge is -1.98. The fourth-order valence-electron chi connectivity index (χ4n) is 1.18. The quantitative estimate of drug-likeness (QED) is 0.510. The van der Waals surface area contributed by atoms with E-state index in [0.717, 1.165) is 29.5 Å². The van der Waals surface area contributed by atoms with Gasteiger partial charge in [-0.1, -0.05) is 11.3 Å². The topological polar surface area (TPSA) is 71.8 Å². The molecule has 82 valence electrons. The van der Waals surface area contributed by atoms with Crippen LogP contribution in [-0.2, 0) is 0 Å². The number of hydrogen-bond donors (Lipinski definition) is 1. The number of nitrogens with zero attached hydrogens (tertiary/aromatic N) is 2. The first-order chi connectivity index (χ1) is 7.58. The molecule has 0 aliphatic rings. The van der Waals surface area contributed by atoms with Gasteiger partial charge in [0.2, 0.25) is 0 Å². The summed E-state index contributed by atoms with van der Waals surface area (Å²) in [7, 11) is 0. The molecule has 0 fully saturated rings. The van der Waals surface area contributed by atoms with Gasteiger partial charge >= 0.3 is 0 Å². The lowest BCUT2D eigenvalue weighted by atomic mass is 10.2. The van der Waals surface area contributed by atoms with E-state index in [2.05, 4.69) is 10.2 Å². The Bertz CT molecular complexity index is 607. The molecule has 2 rings (SSSR count). The van der Waals surface area contributed by atoms with E-state index in [9.17, 15) is 14.5 Å². The minimum atomic E-state index is -0.584. The van der Waals surface area contributed by atoms with E-state index < -0.39 is 10.7 Å². The average Bonchev–Trinajstić information content (AvgIpc) is 2.64. The molecule has 1 aromatic carbocycles.